The van der Waals surface area contributed by atoms with Gasteiger partial charge in [-0.15, -0.1) is 0 Å². The van der Waals surface area contributed by atoms with Crippen LogP contribution in [0.2, 0.25) is 10.0 Å². The predicted octanol–water partition coefficient (Wildman–Crippen LogP) is 2.89. The smallest absolute Gasteiger partial charge is 0.138 e. The number of hydrogen-bond acceptors (Lipinski definition) is 4. The first-order valence-corrected chi connectivity index (χ1v) is 7.86. The SMILES string of the molecule is COC1CCC(NCC(O)COc2ccc(Cl)cc2Cl)C1. The molecule has 0 radical (unpaired) electrons. The van der Waals surface area contributed by atoms with E-state index in [0.717, 1.165) is 19.3 Å². The second kappa shape index (κ2) is 8.20. The summed E-state index contributed by atoms with van der Waals surface area (Å²) in [6.45, 7) is 0.682. The van der Waals surface area contributed by atoms with E-state index in [9.17, 15) is 5.11 Å². The molecule has 3 unspecified atom stereocenters. The molecule has 1 aromatic carbocycles. The number of benzene rings is 1. The number of aliphatic hydroxyl groups excluding tert-OH is 1. The van der Waals surface area contributed by atoms with Crippen LogP contribution < -0.4 is 10.1 Å². The first-order chi connectivity index (χ1) is 10.1. The second-order valence-electron chi connectivity index (χ2n) is 5.32. The molecule has 21 heavy (non-hydrogen) atoms. The molecular formula is C15H21Cl2NO3. The van der Waals surface area contributed by atoms with Crippen molar-refractivity contribution >= 4 is 23.2 Å². The van der Waals surface area contributed by atoms with Gasteiger partial charge in [0.1, 0.15) is 18.5 Å². The van der Waals surface area contributed by atoms with Crippen LogP contribution in [0.4, 0.5) is 0 Å². The largest absolute Gasteiger partial charge is 0.489 e. The topological polar surface area (TPSA) is 50.7 Å². The van der Waals surface area contributed by atoms with Crippen LogP contribution in [0.15, 0.2) is 18.2 Å². The van der Waals surface area contributed by atoms with E-state index in [2.05, 4.69) is 5.32 Å². The molecule has 0 amide bonds. The molecular weight excluding hydrogens is 313 g/mol. The Balaban J connectivity index is 1.69. The van der Waals surface area contributed by atoms with E-state index >= 15 is 0 Å². The first-order valence-electron chi connectivity index (χ1n) is 7.10. The van der Waals surface area contributed by atoms with Crippen LogP contribution in [0.3, 0.4) is 0 Å². The van der Waals surface area contributed by atoms with Gasteiger partial charge in [-0.05, 0) is 37.5 Å². The van der Waals surface area contributed by atoms with E-state index in [1.165, 1.54) is 0 Å². The third-order valence-corrected chi connectivity index (χ3v) is 4.22. The lowest BCUT2D eigenvalue weighted by molar-refractivity contribution is 0.0966. The maximum atomic E-state index is 9.95. The average molecular weight is 334 g/mol. The highest BCUT2D eigenvalue weighted by Gasteiger charge is 2.24. The lowest BCUT2D eigenvalue weighted by atomic mass is 10.2. The number of halogens is 2. The van der Waals surface area contributed by atoms with Gasteiger partial charge in [0.15, 0.2) is 0 Å². The Hall–Kier alpha value is -0.520. The maximum absolute atomic E-state index is 9.95. The molecule has 118 valence electrons. The van der Waals surface area contributed by atoms with E-state index < -0.39 is 6.10 Å². The fourth-order valence-electron chi connectivity index (χ4n) is 2.48. The molecule has 1 aliphatic carbocycles. The highest BCUT2D eigenvalue weighted by molar-refractivity contribution is 6.35. The Morgan fingerprint density at radius 3 is 2.86 bits per heavy atom. The van der Waals surface area contributed by atoms with Gasteiger partial charge in [-0.25, -0.2) is 0 Å². The van der Waals surface area contributed by atoms with Crippen LogP contribution in [0.25, 0.3) is 0 Å². The van der Waals surface area contributed by atoms with Gasteiger partial charge in [0.25, 0.3) is 0 Å². The standard InChI is InChI=1S/C15H21Cl2NO3/c1-20-13-4-3-11(7-13)18-8-12(19)9-21-15-5-2-10(16)6-14(15)17/h2,5-6,11-13,18-19H,3-4,7-9H2,1H3. The lowest BCUT2D eigenvalue weighted by Gasteiger charge is -2.17. The molecule has 0 bridgehead atoms. The van der Waals surface area contributed by atoms with E-state index in [-0.39, 0.29) is 6.61 Å². The summed E-state index contributed by atoms with van der Waals surface area (Å²) in [5, 5.41) is 14.3. The zero-order valence-corrected chi connectivity index (χ0v) is 13.5. The van der Waals surface area contributed by atoms with E-state index in [1.807, 2.05) is 0 Å². The van der Waals surface area contributed by atoms with Crippen LogP contribution in [0.5, 0.6) is 5.75 Å². The molecule has 3 atom stereocenters. The van der Waals surface area contributed by atoms with Crippen molar-refractivity contribution in [3.05, 3.63) is 28.2 Å². The molecule has 2 N–H and O–H groups in total. The Labute approximate surface area is 135 Å². The van der Waals surface area contributed by atoms with Gasteiger partial charge in [0, 0.05) is 24.7 Å². The Morgan fingerprint density at radius 1 is 1.38 bits per heavy atom. The van der Waals surface area contributed by atoms with Crippen molar-refractivity contribution in [2.75, 3.05) is 20.3 Å². The molecule has 6 heteroatoms. The molecule has 2 rings (SSSR count). The van der Waals surface area contributed by atoms with Gasteiger partial charge in [-0.3, -0.25) is 0 Å². The molecule has 0 aromatic heterocycles. The fourth-order valence-corrected chi connectivity index (χ4v) is 2.94. The number of nitrogens with one attached hydrogen (secondary N) is 1. The van der Waals surface area contributed by atoms with Gasteiger partial charge in [-0.1, -0.05) is 23.2 Å². The Kier molecular flexibility index (Phi) is 6.58. The fraction of sp³-hybridized carbons (Fsp3) is 0.600. The predicted molar refractivity (Wildman–Crippen MR) is 84.4 cm³/mol. The minimum Gasteiger partial charge on any atom is -0.489 e. The zero-order valence-electron chi connectivity index (χ0n) is 12.0. The van der Waals surface area contributed by atoms with Gasteiger partial charge in [-0.2, -0.15) is 0 Å². The number of hydrogen-bond donors (Lipinski definition) is 2. The summed E-state index contributed by atoms with van der Waals surface area (Å²) in [5.41, 5.74) is 0. The van der Waals surface area contributed by atoms with Crippen molar-refractivity contribution in [3.8, 4) is 5.75 Å². The van der Waals surface area contributed by atoms with Gasteiger partial charge in [0.05, 0.1) is 11.1 Å². The van der Waals surface area contributed by atoms with Crippen molar-refractivity contribution in [3.63, 3.8) is 0 Å². The van der Waals surface area contributed by atoms with E-state index in [0.29, 0.717) is 34.5 Å². The average Bonchev–Trinajstić information content (AvgIpc) is 2.92. The van der Waals surface area contributed by atoms with Gasteiger partial charge < -0.3 is 19.9 Å². The van der Waals surface area contributed by atoms with Crippen LogP contribution >= 0.6 is 23.2 Å². The minimum absolute atomic E-state index is 0.189. The highest BCUT2D eigenvalue weighted by atomic mass is 35.5. The molecule has 1 fully saturated rings. The summed E-state index contributed by atoms with van der Waals surface area (Å²) in [6, 6.07) is 5.43. The van der Waals surface area contributed by atoms with Crippen LogP contribution in [-0.2, 0) is 4.74 Å². The normalized spacial score (nSPS) is 23.2. The van der Waals surface area contributed by atoms with Gasteiger partial charge in [0.2, 0.25) is 0 Å². The number of rotatable bonds is 7. The molecule has 0 aliphatic heterocycles. The van der Waals surface area contributed by atoms with E-state index in [4.69, 9.17) is 32.7 Å². The van der Waals surface area contributed by atoms with Crippen LogP contribution in [0, 0.1) is 0 Å². The second-order valence-corrected chi connectivity index (χ2v) is 6.16. The summed E-state index contributed by atoms with van der Waals surface area (Å²) in [7, 11) is 1.74. The maximum Gasteiger partial charge on any atom is 0.138 e. The Morgan fingerprint density at radius 2 is 2.19 bits per heavy atom. The zero-order chi connectivity index (χ0) is 15.2. The summed E-state index contributed by atoms with van der Waals surface area (Å²) >= 11 is 11.8. The van der Waals surface area contributed by atoms with Crippen molar-refractivity contribution in [2.24, 2.45) is 0 Å². The monoisotopic (exact) mass is 333 g/mol. The van der Waals surface area contributed by atoms with Crippen molar-refractivity contribution in [1.82, 2.24) is 5.32 Å². The number of methoxy groups -OCH3 is 1. The summed E-state index contributed by atoms with van der Waals surface area (Å²) in [5.74, 6) is 0.528. The molecule has 4 nitrogen and oxygen atoms in total. The number of ether oxygens (including phenoxy) is 2. The lowest BCUT2D eigenvalue weighted by Crippen LogP contribution is -2.37. The molecule has 1 aliphatic rings. The summed E-state index contributed by atoms with van der Waals surface area (Å²) < 4.78 is 10.8. The molecule has 1 aromatic rings. The highest BCUT2D eigenvalue weighted by Crippen LogP contribution is 2.27. The molecule has 0 heterocycles. The number of aliphatic hydroxyl groups is 1. The molecule has 0 saturated heterocycles. The minimum atomic E-state index is -0.585. The van der Waals surface area contributed by atoms with Gasteiger partial charge >= 0.3 is 0 Å². The first kappa shape index (κ1) is 16.8. The van der Waals surface area contributed by atoms with Crippen molar-refractivity contribution in [2.45, 2.75) is 37.5 Å². The summed E-state index contributed by atoms with van der Waals surface area (Å²) in [4.78, 5) is 0. The van der Waals surface area contributed by atoms with E-state index in [1.54, 1.807) is 25.3 Å². The van der Waals surface area contributed by atoms with Crippen molar-refractivity contribution in [1.29, 1.82) is 0 Å². The van der Waals surface area contributed by atoms with Crippen molar-refractivity contribution < 1.29 is 14.6 Å². The quantitative estimate of drug-likeness (QED) is 0.805. The Bertz CT molecular complexity index is 459. The third-order valence-electron chi connectivity index (χ3n) is 3.69. The van der Waals surface area contributed by atoms with Crippen LogP contribution in [0.1, 0.15) is 19.3 Å². The van der Waals surface area contributed by atoms with Crippen LogP contribution in [-0.4, -0.2) is 43.6 Å². The molecule has 1 saturated carbocycles. The third kappa shape index (κ3) is 5.31. The molecule has 0 spiro atoms. The summed E-state index contributed by atoms with van der Waals surface area (Å²) in [6.07, 6.45) is 2.89.